The third-order valence-electron chi connectivity index (χ3n) is 25.0. The van der Waals surface area contributed by atoms with Crippen LogP contribution in [0.2, 0.25) is 0 Å². The van der Waals surface area contributed by atoms with Crippen molar-refractivity contribution >= 4 is 141 Å². The predicted octanol–water partition coefficient (Wildman–Crippen LogP) is 28.1. The Morgan fingerprint density at radius 2 is 0.827 bits per heavy atom. The molecule has 25 aromatic rings. The van der Waals surface area contributed by atoms with Gasteiger partial charge in [0, 0.05) is 137 Å². The summed E-state index contributed by atoms with van der Waals surface area (Å²) in [5.41, 5.74) is 28.6. The molecule has 594 valence electrons. The first-order valence-corrected chi connectivity index (χ1v) is 43.2. The minimum Gasteiger partial charge on any atom is -0.309 e. The SMILES string of the molecule is CC1(C)c2ccccc2-c2ccc(-c3cc(-n4c5ccccc5c5c6ccccc6ncc54)nc(-c4cccc(C#N)c4)n3)cc21.c1cc(-c2ccc3ccccc3n2)cc(-n2c3ccccc3c3c4ccccc4ncc32)c1.c1ccc(-c2nc(-c3cccc(-n4c5ccccc5c5c6nccnc6ccc54)c3)cc(-c3cccc4c3sc3ccccc34)n2)cc1. The van der Waals surface area contributed by atoms with Crippen LogP contribution in [0.5, 0.6) is 0 Å². The van der Waals surface area contributed by atoms with Crippen molar-refractivity contribution in [3.63, 3.8) is 0 Å². The highest BCUT2D eigenvalue weighted by atomic mass is 32.1. The van der Waals surface area contributed by atoms with Gasteiger partial charge in [0.1, 0.15) is 5.82 Å². The molecule has 10 heterocycles. The second kappa shape index (κ2) is 30.0. The van der Waals surface area contributed by atoms with Gasteiger partial charge in [-0.25, -0.2) is 24.9 Å². The van der Waals surface area contributed by atoms with Gasteiger partial charge in [-0.3, -0.25) is 24.5 Å². The van der Waals surface area contributed by atoms with Crippen molar-refractivity contribution in [1.82, 2.24) is 58.6 Å². The minimum absolute atomic E-state index is 0.138. The third-order valence-corrected chi connectivity index (χ3v) is 26.2. The highest BCUT2D eigenvalue weighted by molar-refractivity contribution is 7.26. The molecule has 127 heavy (non-hydrogen) atoms. The number of thiophene rings is 1. The fraction of sp³-hybridized carbons (Fsp3) is 0.0265. The van der Waals surface area contributed by atoms with Crippen LogP contribution in [0.1, 0.15) is 30.5 Å². The molecule has 0 fully saturated rings. The molecule has 0 aliphatic heterocycles. The van der Waals surface area contributed by atoms with Crippen molar-refractivity contribution in [3.05, 3.63) is 412 Å². The Morgan fingerprint density at radius 3 is 1.56 bits per heavy atom. The summed E-state index contributed by atoms with van der Waals surface area (Å²) >= 11 is 1.82. The molecule has 1 aliphatic rings. The summed E-state index contributed by atoms with van der Waals surface area (Å²) in [6.07, 6.45) is 7.46. The zero-order chi connectivity index (χ0) is 84.4. The molecule has 0 unspecified atom stereocenters. The number of rotatable bonds is 9. The maximum Gasteiger partial charge on any atom is 0.162 e. The quantitative estimate of drug-likeness (QED) is 0.136. The van der Waals surface area contributed by atoms with Gasteiger partial charge in [0.2, 0.25) is 0 Å². The van der Waals surface area contributed by atoms with Crippen molar-refractivity contribution in [2.45, 2.75) is 19.3 Å². The molecule has 0 saturated carbocycles. The Morgan fingerprint density at radius 1 is 0.299 bits per heavy atom. The highest BCUT2D eigenvalue weighted by Crippen LogP contribution is 2.51. The molecule has 0 amide bonds. The lowest BCUT2D eigenvalue weighted by atomic mass is 9.82. The monoisotopic (exact) mass is 1640 g/mol. The van der Waals surface area contributed by atoms with Gasteiger partial charge in [0.05, 0.1) is 107 Å². The van der Waals surface area contributed by atoms with Gasteiger partial charge in [-0.1, -0.05) is 269 Å². The van der Waals surface area contributed by atoms with Crippen LogP contribution in [-0.4, -0.2) is 58.6 Å². The van der Waals surface area contributed by atoms with Crippen molar-refractivity contribution in [3.8, 4) is 102 Å². The van der Waals surface area contributed by atoms with E-state index in [1.165, 1.54) is 64.1 Å². The molecule has 26 rings (SSSR count). The van der Waals surface area contributed by atoms with Gasteiger partial charge in [-0.15, -0.1) is 11.3 Å². The zero-order valence-corrected chi connectivity index (χ0v) is 69.6. The van der Waals surface area contributed by atoms with E-state index < -0.39 is 0 Å². The molecule has 13 nitrogen and oxygen atoms in total. The normalized spacial score (nSPS) is 12.2. The maximum atomic E-state index is 9.68. The van der Waals surface area contributed by atoms with Gasteiger partial charge < -0.3 is 9.13 Å². The topological polar surface area (TPSA) is 155 Å². The number of hydrogen-bond donors (Lipinski definition) is 0. The van der Waals surface area contributed by atoms with E-state index in [4.69, 9.17) is 39.9 Å². The summed E-state index contributed by atoms with van der Waals surface area (Å²) in [5, 5.41) is 22.7. The van der Waals surface area contributed by atoms with Crippen LogP contribution >= 0.6 is 11.3 Å². The summed E-state index contributed by atoms with van der Waals surface area (Å²) in [6, 6.07) is 131. The number of fused-ring (bicyclic) bond motifs is 22. The molecule has 15 aromatic carbocycles. The van der Waals surface area contributed by atoms with Crippen LogP contribution in [0.25, 0.3) is 225 Å². The average Bonchev–Trinajstić information content (AvgIpc) is 1.59. The van der Waals surface area contributed by atoms with E-state index in [1.807, 2.05) is 84.4 Å². The van der Waals surface area contributed by atoms with Gasteiger partial charge >= 0.3 is 0 Å². The fourth-order valence-corrected chi connectivity index (χ4v) is 20.4. The first-order valence-electron chi connectivity index (χ1n) is 42.4. The Balaban J connectivity index is 0.000000108. The Labute approximate surface area is 732 Å². The number of pyridine rings is 3. The molecule has 0 spiro atoms. The standard InChI is InChI=1S/C42H25N5S.C41H27N5.C30H19N3/c1-2-10-26(11-3-1)42-45-34(25-35(46-42)31-17-9-16-30-29-14-5-7-19-38(29)48-41(30)31)27-12-8-13-28(24-27)47-36-18-6-4-15-32(36)39-37(47)21-20-33-40(39)44-23-22-43-33;1-41(2)32-15-6-3-12-28(32)29-19-18-26(21-33(29)41)35-22-38(45-40(44-35)27-11-9-10-25(20-27)23-42)46-36-17-8-5-14-31(36)39-30-13-4-7-16-34(30)43-24-37(39)46;1-4-13-25-20(8-1)16-17-26(32-25)21-9-7-10-22(18-21)33-28-15-6-3-12-24(28)30-23-11-2-5-14-27(23)31-19-29(30)33/h1-25H;3-22,24H,1-2H3;1-19H. The average molecular weight is 1640 g/mol. The van der Waals surface area contributed by atoms with Crippen LogP contribution in [0.3, 0.4) is 0 Å². The zero-order valence-electron chi connectivity index (χ0n) is 68.7. The summed E-state index contributed by atoms with van der Waals surface area (Å²) in [6.45, 7) is 4.59. The van der Waals surface area contributed by atoms with Gasteiger partial charge in [0.15, 0.2) is 11.6 Å². The molecular weight excluding hydrogens is 1570 g/mol. The second-order valence-electron chi connectivity index (χ2n) is 32.7. The van der Waals surface area contributed by atoms with Crippen molar-refractivity contribution < 1.29 is 0 Å². The molecule has 0 radical (unpaired) electrons. The van der Waals surface area contributed by atoms with Crippen molar-refractivity contribution in [2.24, 2.45) is 0 Å². The van der Waals surface area contributed by atoms with Crippen LogP contribution in [-0.2, 0) is 5.41 Å². The number of nitrogens with zero attached hydrogens (tertiary/aromatic N) is 13. The minimum atomic E-state index is -0.138. The van der Waals surface area contributed by atoms with E-state index in [-0.39, 0.29) is 5.41 Å². The molecule has 0 N–H and O–H groups in total. The van der Waals surface area contributed by atoms with Gasteiger partial charge in [-0.05, 0) is 131 Å². The first kappa shape index (κ1) is 74.0. The van der Waals surface area contributed by atoms with E-state index in [1.54, 1.807) is 18.5 Å². The van der Waals surface area contributed by atoms with Gasteiger partial charge in [0.25, 0.3) is 0 Å². The van der Waals surface area contributed by atoms with E-state index >= 15 is 0 Å². The third kappa shape index (κ3) is 12.5. The molecule has 14 heteroatoms. The Bertz CT molecular complexity index is 8880. The van der Waals surface area contributed by atoms with Gasteiger partial charge in [-0.2, -0.15) is 5.26 Å². The van der Waals surface area contributed by atoms with E-state index in [2.05, 4.69) is 342 Å². The largest absolute Gasteiger partial charge is 0.309 e. The molecular formula is C113H71N13S. The van der Waals surface area contributed by atoms with E-state index in [9.17, 15) is 5.26 Å². The van der Waals surface area contributed by atoms with Crippen molar-refractivity contribution in [2.75, 3.05) is 0 Å². The van der Waals surface area contributed by atoms with Crippen molar-refractivity contribution in [1.29, 1.82) is 5.26 Å². The fourth-order valence-electron chi connectivity index (χ4n) is 19.1. The maximum absolute atomic E-state index is 9.68. The lowest BCUT2D eigenvalue weighted by Crippen LogP contribution is -2.15. The molecule has 10 aromatic heterocycles. The number of aromatic nitrogens is 12. The molecule has 0 atom stereocenters. The number of hydrogen-bond acceptors (Lipinski definition) is 11. The van der Waals surface area contributed by atoms with E-state index in [0.717, 1.165) is 161 Å². The number of benzene rings is 15. The molecule has 0 saturated heterocycles. The summed E-state index contributed by atoms with van der Waals surface area (Å²) < 4.78 is 9.33. The number of nitriles is 1. The molecule has 0 bridgehead atoms. The van der Waals surface area contributed by atoms with E-state index in [0.29, 0.717) is 17.2 Å². The molecule has 1 aliphatic carbocycles. The second-order valence-corrected chi connectivity index (χ2v) is 33.7. The van der Waals surface area contributed by atoms with Crippen LogP contribution < -0.4 is 0 Å². The van der Waals surface area contributed by atoms with Crippen LogP contribution in [0.15, 0.2) is 395 Å². The summed E-state index contributed by atoms with van der Waals surface area (Å²) in [7, 11) is 0. The first-order chi connectivity index (χ1) is 62.7. The lowest BCUT2D eigenvalue weighted by molar-refractivity contribution is 0.660. The summed E-state index contributed by atoms with van der Waals surface area (Å²) in [4.78, 5) is 44.5. The summed E-state index contributed by atoms with van der Waals surface area (Å²) in [5.74, 6) is 2.01. The Kier molecular flexibility index (Phi) is 17.5. The highest BCUT2D eigenvalue weighted by Gasteiger charge is 2.36. The predicted molar refractivity (Wildman–Crippen MR) is 520 cm³/mol. The smallest absolute Gasteiger partial charge is 0.162 e. The Hall–Kier alpha value is -16.9. The number of para-hydroxylation sites is 6. The van der Waals surface area contributed by atoms with Crippen LogP contribution in [0, 0.1) is 11.3 Å². The van der Waals surface area contributed by atoms with Crippen LogP contribution in [0.4, 0.5) is 0 Å². The lowest BCUT2D eigenvalue weighted by Gasteiger charge is -2.22.